The van der Waals surface area contributed by atoms with Crippen molar-refractivity contribution in [1.29, 1.82) is 0 Å². The SMILES string of the molecule is Cc1ccccc1C(C)(CN)NC(=O)OC(C)(C)C. The second-order valence-electron chi connectivity index (χ2n) is 5.98. The van der Waals surface area contributed by atoms with Gasteiger partial charge in [-0.1, -0.05) is 24.3 Å². The molecule has 4 nitrogen and oxygen atoms in total. The van der Waals surface area contributed by atoms with Crippen LogP contribution in [0.4, 0.5) is 4.79 Å². The normalized spacial score (nSPS) is 14.6. The zero-order valence-electron chi connectivity index (χ0n) is 12.4. The van der Waals surface area contributed by atoms with Crippen LogP contribution in [0.5, 0.6) is 0 Å². The quantitative estimate of drug-likeness (QED) is 0.882. The number of amides is 1. The maximum absolute atomic E-state index is 11.9. The molecular formula is C15H24N2O2. The highest BCUT2D eigenvalue weighted by Crippen LogP contribution is 2.23. The molecule has 1 aromatic rings. The molecule has 1 aromatic carbocycles. The minimum absolute atomic E-state index is 0.303. The number of nitrogens with two attached hydrogens (primary N) is 1. The van der Waals surface area contributed by atoms with Crippen LogP contribution in [0.3, 0.4) is 0 Å². The first-order valence-electron chi connectivity index (χ1n) is 6.45. The van der Waals surface area contributed by atoms with Crippen molar-refractivity contribution in [2.24, 2.45) is 5.73 Å². The Morgan fingerprint density at radius 2 is 1.84 bits per heavy atom. The molecule has 1 atom stereocenters. The monoisotopic (exact) mass is 264 g/mol. The minimum Gasteiger partial charge on any atom is -0.444 e. The summed E-state index contributed by atoms with van der Waals surface area (Å²) in [6.45, 7) is 9.71. The summed E-state index contributed by atoms with van der Waals surface area (Å²) in [5.74, 6) is 0. The molecule has 0 radical (unpaired) electrons. The summed E-state index contributed by atoms with van der Waals surface area (Å²) < 4.78 is 5.29. The van der Waals surface area contributed by atoms with E-state index in [1.807, 2.05) is 58.9 Å². The lowest BCUT2D eigenvalue weighted by Gasteiger charge is -2.32. The summed E-state index contributed by atoms with van der Waals surface area (Å²) in [6, 6.07) is 7.87. The molecule has 0 heterocycles. The number of hydrogen-bond donors (Lipinski definition) is 2. The van der Waals surface area contributed by atoms with Crippen LogP contribution in [0.1, 0.15) is 38.8 Å². The number of aryl methyl sites for hydroxylation is 1. The van der Waals surface area contributed by atoms with Crippen LogP contribution in [-0.2, 0) is 10.3 Å². The Bertz CT molecular complexity index is 452. The fraction of sp³-hybridized carbons (Fsp3) is 0.533. The summed E-state index contributed by atoms with van der Waals surface area (Å²) in [5.41, 5.74) is 6.79. The van der Waals surface area contributed by atoms with Crippen molar-refractivity contribution in [2.75, 3.05) is 6.54 Å². The minimum atomic E-state index is -0.631. The van der Waals surface area contributed by atoms with Gasteiger partial charge in [0.15, 0.2) is 0 Å². The summed E-state index contributed by atoms with van der Waals surface area (Å²) in [5, 5.41) is 2.87. The topological polar surface area (TPSA) is 64.3 Å². The van der Waals surface area contributed by atoms with Gasteiger partial charge in [-0.25, -0.2) is 4.79 Å². The van der Waals surface area contributed by atoms with E-state index in [4.69, 9.17) is 10.5 Å². The van der Waals surface area contributed by atoms with Crippen LogP contribution in [0, 0.1) is 6.92 Å². The predicted octanol–water partition coefficient (Wildman–Crippen LogP) is 2.69. The number of hydrogen-bond acceptors (Lipinski definition) is 3. The molecule has 1 unspecified atom stereocenters. The molecule has 0 aliphatic carbocycles. The van der Waals surface area contributed by atoms with Crippen LogP contribution in [-0.4, -0.2) is 18.2 Å². The average molecular weight is 264 g/mol. The summed E-state index contributed by atoms with van der Waals surface area (Å²) in [6.07, 6.45) is -0.455. The van der Waals surface area contributed by atoms with E-state index in [0.717, 1.165) is 11.1 Å². The Labute approximate surface area is 115 Å². The highest BCUT2D eigenvalue weighted by Gasteiger charge is 2.30. The van der Waals surface area contributed by atoms with Crippen LogP contribution >= 0.6 is 0 Å². The van der Waals surface area contributed by atoms with Gasteiger partial charge in [-0.05, 0) is 45.7 Å². The van der Waals surface area contributed by atoms with Gasteiger partial charge in [0.2, 0.25) is 0 Å². The number of benzene rings is 1. The predicted molar refractivity (Wildman–Crippen MR) is 77.0 cm³/mol. The smallest absolute Gasteiger partial charge is 0.408 e. The van der Waals surface area contributed by atoms with Gasteiger partial charge in [-0.2, -0.15) is 0 Å². The molecule has 0 aromatic heterocycles. The number of carbonyl (C=O) groups excluding carboxylic acids is 1. The fourth-order valence-corrected chi connectivity index (χ4v) is 1.95. The van der Waals surface area contributed by atoms with Crippen molar-refractivity contribution >= 4 is 6.09 Å². The Kier molecular flexibility index (Phi) is 4.58. The Balaban J connectivity index is 2.94. The maximum atomic E-state index is 11.9. The van der Waals surface area contributed by atoms with E-state index < -0.39 is 17.2 Å². The maximum Gasteiger partial charge on any atom is 0.408 e. The van der Waals surface area contributed by atoms with Crippen LogP contribution in [0.15, 0.2) is 24.3 Å². The fourth-order valence-electron chi connectivity index (χ4n) is 1.95. The molecule has 0 saturated carbocycles. The van der Waals surface area contributed by atoms with Gasteiger partial charge in [0.25, 0.3) is 0 Å². The van der Waals surface area contributed by atoms with E-state index in [1.54, 1.807) is 0 Å². The Morgan fingerprint density at radius 1 is 1.26 bits per heavy atom. The van der Waals surface area contributed by atoms with Gasteiger partial charge in [-0.3, -0.25) is 0 Å². The van der Waals surface area contributed by atoms with Gasteiger partial charge in [0.1, 0.15) is 5.60 Å². The third-order valence-electron chi connectivity index (χ3n) is 2.92. The van der Waals surface area contributed by atoms with Gasteiger partial charge in [0, 0.05) is 6.54 Å². The largest absolute Gasteiger partial charge is 0.444 e. The molecule has 0 fully saturated rings. The highest BCUT2D eigenvalue weighted by molar-refractivity contribution is 5.69. The number of rotatable bonds is 3. The molecule has 1 amide bonds. The molecule has 0 aliphatic heterocycles. The number of nitrogens with one attached hydrogen (secondary N) is 1. The molecule has 3 N–H and O–H groups in total. The van der Waals surface area contributed by atoms with E-state index in [0.29, 0.717) is 6.54 Å². The second kappa shape index (κ2) is 5.61. The molecule has 0 saturated heterocycles. The summed E-state index contributed by atoms with van der Waals surface area (Å²) in [7, 11) is 0. The lowest BCUT2D eigenvalue weighted by atomic mass is 9.89. The molecule has 1 rings (SSSR count). The Hall–Kier alpha value is -1.55. The molecule has 0 aliphatic rings. The zero-order chi connectivity index (χ0) is 14.7. The van der Waals surface area contributed by atoms with Crippen molar-refractivity contribution in [3.8, 4) is 0 Å². The van der Waals surface area contributed by atoms with Crippen LogP contribution < -0.4 is 11.1 Å². The highest BCUT2D eigenvalue weighted by atomic mass is 16.6. The van der Waals surface area contributed by atoms with E-state index in [2.05, 4.69) is 5.32 Å². The first-order valence-corrected chi connectivity index (χ1v) is 6.45. The van der Waals surface area contributed by atoms with Gasteiger partial charge in [-0.15, -0.1) is 0 Å². The number of ether oxygens (including phenoxy) is 1. The van der Waals surface area contributed by atoms with E-state index >= 15 is 0 Å². The molecular weight excluding hydrogens is 240 g/mol. The first-order chi connectivity index (χ1) is 8.68. The summed E-state index contributed by atoms with van der Waals surface area (Å²) >= 11 is 0. The van der Waals surface area contributed by atoms with E-state index in [9.17, 15) is 4.79 Å². The number of carbonyl (C=O) groups is 1. The second-order valence-corrected chi connectivity index (χ2v) is 5.98. The van der Waals surface area contributed by atoms with Crippen molar-refractivity contribution in [1.82, 2.24) is 5.32 Å². The standard InChI is InChI=1S/C15H24N2O2/c1-11-8-6-7-9-12(11)15(5,10-16)17-13(18)19-14(2,3)4/h6-9H,10,16H2,1-5H3,(H,17,18). The lowest BCUT2D eigenvalue weighted by molar-refractivity contribution is 0.0464. The first kappa shape index (κ1) is 15.5. The van der Waals surface area contributed by atoms with E-state index in [-0.39, 0.29) is 0 Å². The van der Waals surface area contributed by atoms with Gasteiger partial charge < -0.3 is 15.8 Å². The van der Waals surface area contributed by atoms with Crippen LogP contribution in [0.2, 0.25) is 0 Å². The third-order valence-corrected chi connectivity index (χ3v) is 2.92. The van der Waals surface area contributed by atoms with Crippen molar-refractivity contribution in [2.45, 2.75) is 45.8 Å². The average Bonchev–Trinajstić information content (AvgIpc) is 2.26. The van der Waals surface area contributed by atoms with Crippen molar-refractivity contribution in [3.05, 3.63) is 35.4 Å². The van der Waals surface area contributed by atoms with Gasteiger partial charge in [0.05, 0.1) is 5.54 Å². The Morgan fingerprint density at radius 3 is 2.32 bits per heavy atom. The third kappa shape index (κ3) is 4.24. The van der Waals surface area contributed by atoms with Crippen LogP contribution in [0.25, 0.3) is 0 Å². The van der Waals surface area contributed by atoms with Gasteiger partial charge >= 0.3 is 6.09 Å². The molecule has 4 heteroatoms. The van der Waals surface area contributed by atoms with Crippen molar-refractivity contribution in [3.63, 3.8) is 0 Å². The molecule has 106 valence electrons. The molecule has 0 spiro atoms. The zero-order valence-corrected chi connectivity index (χ0v) is 12.4. The number of alkyl carbamates (subject to hydrolysis) is 1. The molecule has 19 heavy (non-hydrogen) atoms. The van der Waals surface area contributed by atoms with E-state index in [1.165, 1.54) is 0 Å². The lowest BCUT2D eigenvalue weighted by Crippen LogP contribution is -2.50. The summed E-state index contributed by atoms with van der Waals surface area (Å²) in [4.78, 5) is 11.9. The van der Waals surface area contributed by atoms with Crippen molar-refractivity contribution < 1.29 is 9.53 Å². The molecule has 0 bridgehead atoms.